The lowest BCUT2D eigenvalue weighted by molar-refractivity contribution is -0.0163. The van der Waals surface area contributed by atoms with E-state index in [9.17, 15) is 9.90 Å². The van der Waals surface area contributed by atoms with Crippen LogP contribution in [-0.4, -0.2) is 44.3 Å². The number of rotatable bonds is 2. The van der Waals surface area contributed by atoms with Crippen molar-refractivity contribution in [2.45, 2.75) is 31.8 Å². The zero-order valence-electron chi connectivity index (χ0n) is 9.72. The molecule has 1 saturated heterocycles. The molecule has 1 aromatic rings. The quantitative estimate of drug-likeness (QED) is 0.841. The third kappa shape index (κ3) is 2.76. The topological polar surface area (TPSA) is 73.7 Å². The number of piperidine rings is 1. The molecule has 0 spiro atoms. The Kier molecular flexibility index (Phi) is 3.35. The molecule has 1 aliphatic heterocycles. The van der Waals surface area contributed by atoms with E-state index in [-0.39, 0.29) is 0 Å². The summed E-state index contributed by atoms with van der Waals surface area (Å²) in [5.74, 6) is 0. The molecule has 0 aliphatic carbocycles. The molecule has 6 heteroatoms. The molecule has 1 aliphatic rings. The van der Waals surface area contributed by atoms with E-state index in [1.165, 1.54) is 16.4 Å². The fraction of sp³-hybridized carbons (Fsp3) is 0.636. The van der Waals surface area contributed by atoms with Gasteiger partial charge in [-0.2, -0.15) is 4.37 Å². The van der Waals surface area contributed by atoms with Crippen LogP contribution in [0.5, 0.6) is 0 Å². The Hall–Kier alpha value is -1.14. The molecule has 1 amide bonds. The van der Waals surface area contributed by atoms with Gasteiger partial charge in [0, 0.05) is 24.9 Å². The van der Waals surface area contributed by atoms with Gasteiger partial charge in [-0.05, 0) is 36.9 Å². The zero-order valence-corrected chi connectivity index (χ0v) is 10.5. The Bertz CT molecular complexity index is 411. The van der Waals surface area contributed by atoms with Crippen molar-refractivity contribution in [1.29, 1.82) is 0 Å². The summed E-state index contributed by atoms with van der Waals surface area (Å²) in [4.78, 5) is 12.1. The first-order chi connectivity index (χ1) is 8.00. The number of likely N-dealkylation sites (tertiary alicyclic amines) is 1. The van der Waals surface area contributed by atoms with Crippen molar-refractivity contribution in [2.24, 2.45) is 0 Å². The SMILES string of the molecule is Cc1nscc1CC1(O)CCN(C(=O)O)CC1. The third-order valence-corrected chi connectivity index (χ3v) is 4.10. The molecule has 1 fully saturated rings. The normalized spacial score (nSPS) is 19.3. The minimum Gasteiger partial charge on any atom is -0.465 e. The summed E-state index contributed by atoms with van der Waals surface area (Å²) in [6, 6.07) is 0. The standard InChI is InChI=1S/C11H16N2O3S/c1-8-9(7-17-12-8)6-11(16)2-4-13(5-3-11)10(14)15/h7,16H,2-6H2,1H3,(H,14,15). The van der Waals surface area contributed by atoms with Crippen molar-refractivity contribution in [3.8, 4) is 0 Å². The number of carbonyl (C=O) groups is 1. The van der Waals surface area contributed by atoms with Crippen LogP contribution in [0.4, 0.5) is 4.79 Å². The number of hydrogen-bond acceptors (Lipinski definition) is 4. The molecule has 0 bridgehead atoms. The van der Waals surface area contributed by atoms with E-state index in [0.29, 0.717) is 32.4 Å². The van der Waals surface area contributed by atoms with Gasteiger partial charge in [-0.1, -0.05) is 0 Å². The number of aryl methyl sites for hydroxylation is 1. The number of aromatic nitrogens is 1. The number of amides is 1. The van der Waals surface area contributed by atoms with Crippen molar-refractivity contribution < 1.29 is 15.0 Å². The molecule has 0 unspecified atom stereocenters. The van der Waals surface area contributed by atoms with E-state index in [1.807, 2.05) is 12.3 Å². The highest BCUT2D eigenvalue weighted by atomic mass is 32.1. The van der Waals surface area contributed by atoms with Crippen LogP contribution in [0.3, 0.4) is 0 Å². The molecule has 5 nitrogen and oxygen atoms in total. The van der Waals surface area contributed by atoms with Crippen molar-refractivity contribution in [3.05, 3.63) is 16.6 Å². The Balaban J connectivity index is 1.98. The van der Waals surface area contributed by atoms with E-state index in [0.717, 1.165) is 11.3 Å². The molecular weight excluding hydrogens is 240 g/mol. The Morgan fingerprint density at radius 1 is 1.59 bits per heavy atom. The van der Waals surface area contributed by atoms with Gasteiger partial charge in [0.25, 0.3) is 0 Å². The van der Waals surface area contributed by atoms with Crippen molar-refractivity contribution in [2.75, 3.05) is 13.1 Å². The average Bonchev–Trinajstić information content (AvgIpc) is 2.64. The first-order valence-corrected chi connectivity index (χ1v) is 6.44. The van der Waals surface area contributed by atoms with Gasteiger partial charge in [-0.3, -0.25) is 0 Å². The molecule has 0 atom stereocenters. The average molecular weight is 256 g/mol. The largest absolute Gasteiger partial charge is 0.465 e. The molecule has 0 aromatic carbocycles. The Morgan fingerprint density at radius 3 is 2.71 bits per heavy atom. The molecule has 17 heavy (non-hydrogen) atoms. The lowest BCUT2D eigenvalue weighted by Gasteiger charge is -2.36. The summed E-state index contributed by atoms with van der Waals surface area (Å²) in [6.07, 6.45) is 0.659. The summed E-state index contributed by atoms with van der Waals surface area (Å²) in [5, 5.41) is 21.2. The number of nitrogens with zero attached hydrogens (tertiary/aromatic N) is 2. The predicted octanol–water partition coefficient (Wildman–Crippen LogP) is 1.50. The van der Waals surface area contributed by atoms with E-state index >= 15 is 0 Å². The maximum absolute atomic E-state index is 10.8. The Labute approximate surface area is 104 Å². The third-order valence-electron chi connectivity index (χ3n) is 3.33. The second-order valence-electron chi connectivity index (χ2n) is 4.60. The highest BCUT2D eigenvalue weighted by Gasteiger charge is 2.34. The van der Waals surface area contributed by atoms with E-state index in [1.54, 1.807) is 0 Å². The summed E-state index contributed by atoms with van der Waals surface area (Å²) in [7, 11) is 0. The summed E-state index contributed by atoms with van der Waals surface area (Å²) in [5.41, 5.74) is 1.25. The number of carboxylic acid groups (broad SMARTS) is 1. The molecule has 0 radical (unpaired) electrons. The van der Waals surface area contributed by atoms with E-state index in [4.69, 9.17) is 5.11 Å². The molecule has 2 rings (SSSR count). The first-order valence-electron chi connectivity index (χ1n) is 5.60. The first kappa shape index (κ1) is 12.3. The van der Waals surface area contributed by atoms with Crippen molar-refractivity contribution in [1.82, 2.24) is 9.27 Å². The molecule has 94 valence electrons. The summed E-state index contributed by atoms with van der Waals surface area (Å²) >= 11 is 1.39. The molecular formula is C11H16N2O3S. The van der Waals surface area contributed by atoms with Crippen LogP contribution in [0.15, 0.2) is 5.38 Å². The molecule has 0 saturated carbocycles. The fourth-order valence-corrected chi connectivity index (χ4v) is 2.84. The van der Waals surface area contributed by atoms with Gasteiger partial charge in [0.1, 0.15) is 0 Å². The molecule has 2 heterocycles. The van der Waals surface area contributed by atoms with Gasteiger partial charge >= 0.3 is 6.09 Å². The minimum absolute atomic E-state index is 0.405. The fourth-order valence-electron chi connectivity index (χ4n) is 2.13. The van der Waals surface area contributed by atoms with Gasteiger partial charge in [-0.25, -0.2) is 4.79 Å². The van der Waals surface area contributed by atoms with Crippen LogP contribution in [0.2, 0.25) is 0 Å². The van der Waals surface area contributed by atoms with Gasteiger partial charge in [0.2, 0.25) is 0 Å². The smallest absolute Gasteiger partial charge is 0.407 e. The highest BCUT2D eigenvalue weighted by molar-refractivity contribution is 7.03. The Morgan fingerprint density at radius 2 is 2.24 bits per heavy atom. The van der Waals surface area contributed by atoms with Crippen LogP contribution in [0, 0.1) is 6.92 Å². The van der Waals surface area contributed by atoms with Gasteiger partial charge in [0.15, 0.2) is 0 Å². The van der Waals surface area contributed by atoms with E-state index in [2.05, 4.69) is 4.37 Å². The predicted molar refractivity (Wildman–Crippen MR) is 64.3 cm³/mol. The number of hydrogen-bond donors (Lipinski definition) is 2. The van der Waals surface area contributed by atoms with Crippen LogP contribution < -0.4 is 0 Å². The van der Waals surface area contributed by atoms with Gasteiger partial charge < -0.3 is 15.1 Å². The second-order valence-corrected chi connectivity index (χ2v) is 5.23. The lowest BCUT2D eigenvalue weighted by Crippen LogP contribution is -2.47. The van der Waals surface area contributed by atoms with E-state index < -0.39 is 11.7 Å². The molecule has 1 aromatic heterocycles. The number of aliphatic hydroxyl groups is 1. The van der Waals surface area contributed by atoms with Crippen LogP contribution in [0.25, 0.3) is 0 Å². The monoisotopic (exact) mass is 256 g/mol. The second kappa shape index (κ2) is 4.62. The minimum atomic E-state index is -0.902. The van der Waals surface area contributed by atoms with Crippen molar-refractivity contribution in [3.63, 3.8) is 0 Å². The van der Waals surface area contributed by atoms with Gasteiger partial charge in [-0.15, -0.1) is 0 Å². The van der Waals surface area contributed by atoms with Crippen LogP contribution in [-0.2, 0) is 6.42 Å². The maximum Gasteiger partial charge on any atom is 0.407 e. The highest BCUT2D eigenvalue weighted by Crippen LogP contribution is 2.27. The molecule has 2 N–H and O–H groups in total. The van der Waals surface area contributed by atoms with Crippen LogP contribution >= 0.6 is 11.5 Å². The summed E-state index contributed by atoms with van der Waals surface area (Å²) in [6.45, 7) is 2.74. The lowest BCUT2D eigenvalue weighted by atomic mass is 9.86. The van der Waals surface area contributed by atoms with Gasteiger partial charge in [0.05, 0.1) is 11.3 Å². The summed E-state index contributed by atoms with van der Waals surface area (Å²) < 4.78 is 4.18. The maximum atomic E-state index is 10.8. The van der Waals surface area contributed by atoms with Crippen molar-refractivity contribution >= 4 is 17.6 Å². The van der Waals surface area contributed by atoms with Crippen LogP contribution in [0.1, 0.15) is 24.1 Å². The zero-order chi connectivity index (χ0) is 12.5.